The van der Waals surface area contributed by atoms with Crippen LogP contribution in [-0.4, -0.2) is 0 Å². The van der Waals surface area contributed by atoms with Gasteiger partial charge in [0.25, 0.3) is 0 Å². The lowest BCUT2D eigenvalue weighted by Crippen LogP contribution is -2.04. The minimum absolute atomic E-state index is 0.115. The van der Waals surface area contributed by atoms with Crippen LogP contribution < -0.4 is 4.74 Å². The normalized spacial score (nSPS) is 10.7. The summed E-state index contributed by atoms with van der Waals surface area (Å²) < 4.78 is 58.2. The summed E-state index contributed by atoms with van der Waals surface area (Å²) in [5, 5.41) is 0.289. The number of ether oxygens (including phenoxy) is 1. The molecule has 0 amide bonds. The lowest BCUT2D eigenvalue weighted by Gasteiger charge is -2.10. The maximum atomic E-state index is 13.4. The van der Waals surface area contributed by atoms with Crippen LogP contribution in [0.4, 0.5) is 17.6 Å². The van der Waals surface area contributed by atoms with Crippen molar-refractivity contribution in [3.8, 4) is 5.75 Å². The molecule has 0 radical (unpaired) electrons. The van der Waals surface area contributed by atoms with E-state index in [4.69, 9.17) is 16.3 Å². The van der Waals surface area contributed by atoms with Crippen molar-refractivity contribution in [3.05, 3.63) is 62.6 Å². The molecule has 2 aromatic carbocycles. The van der Waals surface area contributed by atoms with Crippen LogP contribution in [0.25, 0.3) is 0 Å². The molecule has 0 aliphatic heterocycles. The highest BCUT2D eigenvalue weighted by atomic mass is 79.9. The molecule has 0 aromatic heterocycles. The topological polar surface area (TPSA) is 9.23 Å². The van der Waals surface area contributed by atoms with Crippen LogP contribution in [0.5, 0.6) is 5.75 Å². The highest BCUT2D eigenvalue weighted by Gasteiger charge is 2.20. The van der Waals surface area contributed by atoms with Gasteiger partial charge in [-0.1, -0.05) is 33.6 Å². The molecular formula is C13H6BrClF4O. The van der Waals surface area contributed by atoms with Crippen LogP contribution in [0.1, 0.15) is 5.56 Å². The predicted molar refractivity (Wildman–Crippen MR) is 69.8 cm³/mol. The standard InChI is InChI=1S/C13H6BrClF4O/c14-7-2-1-6(8(15)3-7)5-20-13-11(18)9(16)4-10(17)12(13)19/h1-4H,5H2. The Balaban J connectivity index is 2.27. The third-order valence-corrected chi connectivity index (χ3v) is 3.30. The average Bonchev–Trinajstić information content (AvgIpc) is 2.38. The summed E-state index contributed by atoms with van der Waals surface area (Å²) in [5.74, 6) is -7.34. The quantitative estimate of drug-likeness (QED) is 0.531. The number of hydrogen-bond donors (Lipinski definition) is 0. The van der Waals surface area contributed by atoms with E-state index in [1.54, 1.807) is 18.2 Å². The zero-order valence-corrected chi connectivity index (χ0v) is 12.0. The molecule has 0 fully saturated rings. The molecule has 0 aliphatic rings. The molecule has 0 bridgehead atoms. The Morgan fingerprint density at radius 2 is 1.60 bits per heavy atom. The van der Waals surface area contributed by atoms with Crippen molar-refractivity contribution >= 4 is 27.5 Å². The van der Waals surface area contributed by atoms with Crippen molar-refractivity contribution < 1.29 is 22.3 Å². The van der Waals surface area contributed by atoms with E-state index in [1.807, 2.05) is 0 Å². The number of rotatable bonds is 3. The fourth-order valence-corrected chi connectivity index (χ4v) is 2.19. The fraction of sp³-hybridized carbons (Fsp3) is 0.0769. The molecule has 106 valence electrons. The minimum Gasteiger partial charge on any atom is -0.483 e. The molecule has 0 heterocycles. The Morgan fingerprint density at radius 3 is 2.15 bits per heavy atom. The molecule has 2 rings (SSSR count). The van der Waals surface area contributed by atoms with Crippen molar-refractivity contribution in [2.45, 2.75) is 6.61 Å². The SMILES string of the molecule is Fc1cc(F)c(F)c(OCc2ccc(Br)cc2Cl)c1F. The van der Waals surface area contributed by atoms with Crippen LogP contribution in [0, 0.1) is 23.3 Å². The van der Waals surface area contributed by atoms with Crippen molar-refractivity contribution in [1.82, 2.24) is 0 Å². The zero-order chi connectivity index (χ0) is 14.9. The average molecular weight is 370 g/mol. The maximum Gasteiger partial charge on any atom is 0.203 e. The first-order chi connectivity index (χ1) is 9.40. The first-order valence-electron chi connectivity index (χ1n) is 5.30. The van der Waals surface area contributed by atoms with Gasteiger partial charge in [0.2, 0.25) is 11.6 Å². The summed E-state index contributed by atoms with van der Waals surface area (Å²) in [6, 6.07) is 4.87. The third-order valence-electron chi connectivity index (χ3n) is 2.46. The van der Waals surface area contributed by atoms with E-state index in [2.05, 4.69) is 15.9 Å². The van der Waals surface area contributed by atoms with Gasteiger partial charge in [0.15, 0.2) is 17.4 Å². The Bertz CT molecular complexity index is 637. The highest BCUT2D eigenvalue weighted by Crippen LogP contribution is 2.28. The summed E-state index contributed by atoms with van der Waals surface area (Å²) >= 11 is 9.08. The molecule has 20 heavy (non-hydrogen) atoms. The maximum absolute atomic E-state index is 13.4. The van der Waals surface area contributed by atoms with Crippen LogP contribution >= 0.6 is 27.5 Å². The van der Waals surface area contributed by atoms with E-state index in [9.17, 15) is 17.6 Å². The van der Waals surface area contributed by atoms with Gasteiger partial charge in [-0.3, -0.25) is 0 Å². The molecule has 1 nitrogen and oxygen atoms in total. The Hall–Kier alpha value is -1.27. The summed E-state index contributed by atoms with van der Waals surface area (Å²) in [6.07, 6.45) is 0. The van der Waals surface area contributed by atoms with E-state index in [1.165, 1.54) is 0 Å². The van der Waals surface area contributed by atoms with Gasteiger partial charge in [0, 0.05) is 21.1 Å². The van der Waals surface area contributed by atoms with Crippen LogP contribution in [0.2, 0.25) is 5.02 Å². The largest absolute Gasteiger partial charge is 0.483 e. The van der Waals surface area contributed by atoms with Crippen LogP contribution in [-0.2, 0) is 6.61 Å². The van der Waals surface area contributed by atoms with Crippen LogP contribution in [0.15, 0.2) is 28.7 Å². The van der Waals surface area contributed by atoms with Gasteiger partial charge in [0.1, 0.15) is 6.61 Å². The highest BCUT2D eigenvalue weighted by molar-refractivity contribution is 9.10. The lowest BCUT2D eigenvalue weighted by atomic mass is 10.2. The second-order valence-corrected chi connectivity index (χ2v) is 5.14. The summed E-state index contributed by atoms with van der Waals surface area (Å²) in [4.78, 5) is 0. The monoisotopic (exact) mass is 368 g/mol. The second kappa shape index (κ2) is 6.01. The lowest BCUT2D eigenvalue weighted by molar-refractivity contribution is 0.261. The smallest absolute Gasteiger partial charge is 0.203 e. The van der Waals surface area contributed by atoms with Crippen LogP contribution in [0.3, 0.4) is 0 Å². The molecule has 0 N–H and O–H groups in total. The van der Waals surface area contributed by atoms with E-state index in [0.29, 0.717) is 10.0 Å². The molecule has 7 heteroatoms. The molecular weight excluding hydrogens is 363 g/mol. The van der Waals surface area contributed by atoms with E-state index in [-0.39, 0.29) is 17.7 Å². The van der Waals surface area contributed by atoms with Crippen molar-refractivity contribution in [3.63, 3.8) is 0 Å². The molecule has 0 spiro atoms. The minimum atomic E-state index is -1.59. The first-order valence-corrected chi connectivity index (χ1v) is 6.47. The van der Waals surface area contributed by atoms with Gasteiger partial charge >= 0.3 is 0 Å². The van der Waals surface area contributed by atoms with E-state index in [0.717, 1.165) is 0 Å². The first kappa shape index (κ1) is 15.1. The van der Waals surface area contributed by atoms with Gasteiger partial charge in [-0.05, 0) is 12.1 Å². The summed E-state index contributed by atoms with van der Waals surface area (Å²) in [6.45, 7) is -0.331. The number of benzene rings is 2. The Labute approximate surface area is 125 Å². The number of hydrogen-bond acceptors (Lipinski definition) is 1. The van der Waals surface area contributed by atoms with Gasteiger partial charge < -0.3 is 4.74 Å². The molecule has 2 aromatic rings. The summed E-state index contributed by atoms with van der Waals surface area (Å²) in [7, 11) is 0. The van der Waals surface area contributed by atoms with E-state index >= 15 is 0 Å². The third kappa shape index (κ3) is 3.07. The molecule has 0 aliphatic carbocycles. The number of halogens is 6. The Morgan fingerprint density at radius 1 is 1.00 bits per heavy atom. The second-order valence-electron chi connectivity index (χ2n) is 3.82. The molecule has 0 unspecified atom stereocenters. The molecule has 0 atom stereocenters. The van der Waals surface area contributed by atoms with Gasteiger partial charge in [-0.25, -0.2) is 8.78 Å². The van der Waals surface area contributed by atoms with Crippen molar-refractivity contribution in [2.24, 2.45) is 0 Å². The summed E-state index contributed by atoms with van der Waals surface area (Å²) in [5.41, 5.74) is 0.415. The fourth-order valence-electron chi connectivity index (χ4n) is 1.47. The van der Waals surface area contributed by atoms with Gasteiger partial charge in [-0.2, -0.15) is 8.78 Å². The predicted octanol–water partition coefficient (Wildman–Crippen LogP) is 5.24. The zero-order valence-electron chi connectivity index (χ0n) is 9.69. The molecule has 0 saturated carbocycles. The van der Waals surface area contributed by atoms with Crippen molar-refractivity contribution in [1.29, 1.82) is 0 Å². The van der Waals surface area contributed by atoms with Gasteiger partial charge in [-0.15, -0.1) is 0 Å². The molecule has 0 saturated heterocycles. The van der Waals surface area contributed by atoms with Gasteiger partial charge in [0.05, 0.1) is 0 Å². The van der Waals surface area contributed by atoms with Crippen molar-refractivity contribution in [2.75, 3.05) is 0 Å². The van der Waals surface area contributed by atoms with E-state index < -0.39 is 29.0 Å². The Kier molecular flexibility index (Phi) is 4.55.